The van der Waals surface area contributed by atoms with E-state index >= 15 is 0 Å². The molecule has 0 saturated carbocycles. The number of nitrogens with zero attached hydrogens (tertiary/aromatic N) is 1. The number of hydrogen-bond donors (Lipinski definition) is 1. The maximum Gasteiger partial charge on any atom is 0.0354 e. The molecule has 1 aliphatic carbocycles. The zero-order chi connectivity index (χ0) is 13.2. The van der Waals surface area contributed by atoms with E-state index in [1.807, 2.05) is 0 Å². The van der Waals surface area contributed by atoms with Crippen molar-refractivity contribution in [3.8, 4) is 0 Å². The number of nitrogens with one attached hydrogen (secondary N) is 1. The van der Waals surface area contributed by atoms with Gasteiger partial charge in [-0.3, -0.25) is 4.90 Å². The third-order valence-corrected chi connectivity index (χ3v) is 4.93. The Morgan fingerprint density at radius 3 is 3.00 bits per heavy atom. The zero-order valence-corrected chi connectivity index (χ0v) is 12.2. The quantitative estimate of drug-likeness (QED) is 0.876. The molecule has 1 fully saturated rings. The summed E-state index contributed by atoms with van der Waals surface area (Å²) >= 11 is 0. The molecule has 19 heavy (non-hydrogen) atoms. The van der Waals surface area contributed by atoms with Crippen molar-refractivity contribution in [2.24, 2.45) is 0 Å². The molecular weight excluding hydrogens is 232 g/mol. The molecule has 2 nitrogen and oxygen atoms in total. The Kier molecular flexibility index (Phi) is 3.90. The van der Waals surface area contributed by atoms with E-state index in [1.54, 1.807) is 11.1 Å². The molecule has 0 spiro atoms. The van der Waals surface area contributed by atoms with Crippen molar-refractivity contribution in [3.63, 3.8) is 0 Å². The molecule has 0 aromatic heterocycles. The highest BCUT2D eigenvalue weighted by Gasteiger charge is 2.32. The van der Waals surface area contributed by atoms with Gasteiger partial charge in [0.2, 0.25) is 0 Å². The lowest BCUT2D eigenvalue weighted by Crippen LogP contribution is -2.56. The zero-order valence-electron chi connectivity index (χ0n) is 12.2. The number of rotatable bonds is 2. The van der Waals surface area contributed by atoms with Crippen LogP contribution < -0.4 is 5.32 Å². The Balaban J connectivity index is 1.85. The minimum atomic E-state index is 0.649. The van der Waals surface area contributed by atoms with E-state index in [4.69, 9.17) is 0 Å². The molecule has 0 amide bonds. The fourth-order valence-corrected chi connectivity index (χ4v) is 3.73. The summed E-state index contributed by atoms with van der Waals surface area (Å²) in [5, 5.41) is 3.67. The summed E-state index contributed by atoms with van der Waals surface area (Å²) in [6, 6.07) is 11.1. The average molecular weight is 258 g/mol. The summed E-state index contributed by atoms with van der Waals surface area (Å²) in [5.41, 5.74) is 3.18. The molecule has 1 saturated heterocycles. The van der Waals surface area contributed by atoms with E-state index in [2.05, 4.69) is 48.3 Å². The van der Waals surface area contributed by atoms with Gasteiger partial charge in [-0.1, -0.05) is 31.2 Å². The Labute approximate surface area is 117 Å². The molecule has 1 heterocycles. The molecule has 0 bridgehead atoms. The fourth-order valence-electron chi connectivity index (χ4n) is 3.73. The lowest BCUT2D eigenvalue weighted by Gasteiger charge is -2.45. The molecule has 1 N–H and O–H groups in total. The normalized spacial score (nSPS) is 32.0. The second-order valence-corrected chi connectivity index (χ2v) is 6.17. The summed E-state index contributed by atoms with van der Waals surface area (Å²) < 4.78 is 0. The second kappa shape index (κ2) is 5.64. The van der Waals surface area contributed by atoms with E-state index in [1.165, 1.54) is 32.2 Å². The van der Waals surface area contributed by atoms with Crippen LogP contribution in [0.1, 0.15) is 50.3 Å². The molecule has 2 aliphatic rings. The van der Waals surface area contributed by atoms with Gasteiger partial charge < -0.3 is 5.32 Å². The minimum absolute atomic E-state index is 0.649. The molecular formula is C17H26N2. The molecule has 1 aliphatic heterocycles. The Bertz CT molecular complexity index is 429. The SMILES string of the molecule is CCC1CN(C2CCCc3ccccc32)C(C)CN1. The molecule has 1 aromatic carbocycles. The van der Waals surface area contributed by atoms with Crippen molar-refractivity contribution < 1.29 is 0 Å². The predicted octanol–water partition coefficient (Wildman–Crippen LogP) is 3.14. The van der Waals surface area contributed by atoms with Crippen LogP contribution in [0, 0.1) is 0 Å². The monoisotopic (exact) mass is 258 g/mol. The van der Waals surface area contributed by atoms with Crippen LogP contribution in [0.2, 0.25) is 0 Å². The Morgan fingerprint density at radius 2 is 2.16 bits per heavy atom. The van der Waals surface area contributed by atoms with Gasteiger partial charge in [0, 0.05) is 31.2 Å². The standard InChI is InChI=1S/C17H26N2/c1-3-15-12-19(13(2)11-18-15)17-10-6-8-14-7-4-5-9-16(14)17/h4-5,7,9,13,15,17-18H,3,6,8,10-12H2,1-2H3. The van der Waals surface area contributed by atoms with Gasteiger partial charge in [0.1, 0.15) is 0 Å². The Morgan fingerprint density at radius 1 is 1.32 bits per heavy atom. The van der Waals surface area contributed by atoms with Gasteiger partial charge in [-0.15, -0.1) is 0 Å². The van der Waals surface area contributed by atoms with Gasteiger partial charge in [0.25, 0.3) is 0 Å². The number of piperazine rings is 1. The first-order chi connectivity index (χ1) is 9.29. The van der Waals surface area contributed by atoms with E-state index in [0.717, 1.165) is 6.54 Å². The summed E-state index contributed by atoms with van der Waals surface area (Å²) in [4.78, 5) is 2.75. The first-order valence-electron chi connectivity index (χ1n) is 7.86. The summed E-state index contributed by atoms with van der Waals surface area (Å²) in [6.07, 6.45) is 5.18. The highest BCUT2D eigenvalue weighted by atomic mass is 15.3. The van der Waals surface area contributed by atoms with Crippen molar-refractivity contribution in [1.29, 1.82) is 0 Å². The third kappa shape index (κ3) is 2.56. The lowest BCUT2D eigenvalue weighted by molar-refractivity contribution is 0.0797. The number of hydrogen-bond acceptors (Lipinski definition) is 2. The van der Waals surface area contributed by atoms with Crippen molar-refractivity contribution in [2.75, 3.05) is 13.1 Å². The summed E-state index contributed by atoms with van der Waals surface area (Å²) in [7, 11) is 0. The molecule has 2 heteroatoms. The van der Waals surface area contributed by atoms with Gasteiger partial charge >= 0.3 is 0 Å². The van der Waals surface area contributed by atoms with Crippen molar-refractivity contribution in [3.05, 3.63) is 35.4 Å². The van der Waals surface area contributed by atoms with Gasteiger partial charge in [-0.25, -0.2) is 0 Å². The topological polar surface area (TPSA) is 15.3 Å². The van der Waals surface area contributed by atoms with Crippen molar-refractivity contribution in [1.82, 2.24) is 10.2 Å². The fraction of sp³-hybridized carbons (Fsp3) is 0.647. The third-order valence-electron chi connectivity index (χ3n) is 4.93. The van der Waals surface area contributed by atoms with Crippen LogP contribution in [0.5, 0.6) is 0 Å². The van der Waals surface area contributed by atoms with E-state index < -0.39 is 0 Å². The van der Waals surface area contributed by atoms with E-state index in [9.17, 15) is 0 Å². The van der Waals surface area contributed by atoms with Crippen molar-refractivity contribution in [2.45, 2.75) is 57.7 Å². The van der Waals surface area contributed by atoms with Crippen LogP contribution in [-0.2, 0) is 6.42 Å². The number of fused-ring (bicyclic) bond motifs is 1. The van der Waals surface area contributed by atoms with E-state index in [0.29, 0.717) is 18.1 Å². The molecule has 3 atom stereocenters. The van der Waals surface area contributed by atoms with Gasteiger partial charge in [0.15, 0.2) is 0 Å². The van der Waals surface area contributed by atoms with Crippen molar-refractivity contribution >= 4 is 0 Å². The molecule has 1 aromatic rings. The first-order valence-corrected chi connectivity index (χ1v) is 7.86. The lowest BCUT2D eigenvalue weighted by atomic mass is 9.85. The van der Waals surface area contributed by atoms with Crippen LogP contribution in [0.15, 0.2) is 24.3 Å². The highest BCUT2D eigenvalue weighted by Crippen LogP contribution is 2.36. The second-order valence-electron chi connectivity index (χ2n) is 6.17. The van der Waals surface area contributed by atoms with Gasteiger partial charge in [-0.2, -0.15) is 0 Å². The maximum atomic E-state index is 3.67. The smallest absolute Gasteiger partial charge is 0.0354 e. The highest BCUT2D eigenvalue weighted by molar-refractivity contribution is 5.32. The predicted molar refractivity (Wildman–Crippen MR) is 80.4 cm³/mol. The average Bonchev–Trinajstić information content (AvgIpc) is 2.47. The van der Waals surface area contributed by atoms with E-state index in [-0.39, 0.29) is 0 Å². The van der Waals surface area contributed by atoms with Crippen LogP contribution in [0.25, 0.3) is 0 Å². The molecule has 0 radical (unpaired) electrons. The molecule has 3 rings (SSSR count). The van der Waals surface area contributed by atoms with Gasteiger partial charge in [0.05, 0.1) is 0 Å². The molecule has 3 unspecified atom stereocenters. The molecule has 104 valence electrons. The van der Waals surface area contributed by atoms with Crippen LogP contribution >= 0.6 is 0 Å². The maximum absolute atomic E-state index is 3.67. The minimum Gasteiger partial charge on any atom is -0.311 e. The summed E-state index contributed by atoms with van der Waals surface area (Å²) in [5.74, 6) is 0. The summed E-state index contributed by atoms with van der Waals surface area (Å²) in [6.45, 7) is 7.00. The first kappa shape index (κ1) is 13.1. The van der Waals surface area contributed by atoms with Gasteiger partial charge in [-0.05, 0) is 43.7 Å². The number of aryl methyl sites for hydroxylation is 1. The largest absolute Gasteiger partial charge is 0.311 e. The van der Waals surface area contributed by atoms with Crippen LogP contribution in [0.4, 0.5) is 0 Å². The Hall–Kier alpha value is -0.860. The number of benzene rings is 1. The van der Waals surface area contributed by atoms with Crippen LogP contribution in [-0.4, -0.2) is 30.1 Å². The van der Waals surface area contributed by atoms with Crippen LogP contribution in [0.3, 0.4) is 0 Å².